The largest absolute Gasteiger partial charge is 0.463 e. The Morgan fingerprint density at radius 1 is 1.32 bits per heavy atom. The van der Waals surface area contributed by atoms with E-state index in [0.29, 0.717) is 5.92 Å². The van der Waals surface area contributed by atoms with Gasteiger partial charge in [0.1, 0.15) is 11.5 Å². The molecule has 1 aromatic rings. The van der Waals surface area contributed by atoms with Crippen molar-refractivity contribution in [3.8, 4) is 0 Å². The van der Waals surface area contributed by atoms with Crippen molar-refractivity contribution in [2.75, 3.05) is 33.4 Å². The van der Waals surface area contributed by atoms with Gasteiger partial charge in [-0.3, -0.25) is 4.90 Å². The lowest BCUT2D eigenvalue weighted by Crippen LogP contribution is -2.26. The van der Waals surface area contributed by atoms with Crippen molar-refractivity contribution in [1.29, 1.82) is 0 Å². The van der Waals surface area contributed by atoms with Crippen LogP contribution in [0.5, 0.6) is 0 Å². The van der Waals surface area contributed by atoms with Crippen molar-refractivity contribution >= 4 is 0 Å². The van der Waals surface area contributed by atoms with Crippen LogP contribution >= 0.6 is 0 Å². The smallest absolute Gasteiger partial charge is 0.118 e. The van der Waals surface area contributed by atoms with Crippen LogP contribution in [0.25, 0.3) is 0 Å². The second-order valence-corrected chi connectivity index (χ2v) is 5.25. The molecule has 0 unspecified atom stereocenters. The summed E-state index contributed by atoms with van der Waals surface area (Å²) in [6.45, 7) is 11.9. The van der Waals surface area contributed by atoms with Crippen LogP contribution in [-0.4, -0.2) is 38.3 Å². The van der Waals surface area contributed by atoms with Crippen LogP contribution in [0.2, 0.25) is 0 Å². The van der Waals surface area contributed by atoms with E-state index in [2.05, 4.69) is 43.1 Å². The summed E-state index contributed by atoms with van der Waals surface area (Å²) in [6.07, 6.45) is 0. The zero-order valence-electron chi connectivity index (χ0n) is 12.7. The molecule has 4 nitrogen and oxygen atoms in total. The first-order chi connectivity index (χ1) is 9.15. The SMILES string of the molecule is CCN(CCOC)Cc1ccc(CNCC(C)C)o1. The summed E-state index contributed by atoms with van der Waals surface area (Å²) in [7, 11) is 1.74. The second-order valence-electron chi connectivity index (χ2n) is 5.25. The van der Waals surface area contributed by atoms with E-state index in [1.165, 1.54) is 0 Å². The summed E-state index contributed by atoms with van der Waals surface area (Å²) in [5.41, 5.74) is 0. The van der Waals surface area contributed by atoms with Crippen LogP contribution in [0.3, 0.4) is 0 Å². The maximum absolute atomic E-state index is 5.83. The number of ether oxygens (including phenoxy) is 1. The van der Waals surface area contributed by atoms with E-state index in [-0.39, 0.29) is 0 Å². The maximum Gasteiger partial charge on any atom is 0.118 e. The summed E-state index contributed by atoms with van der Waals surface area (Å²) in [5.74, 6) is 2.71. The third kappa shape index (κ3) is 6.76. The van der Waals surface area contributed by atoms with Gasteiger partial charge < -0.3 is 14.5 Å². The van der Waals surface area contributed by atoms with E-state index in [0.717, 1.165) is 50.9 Å². The average Bonchev–Trinajstić information content (AvgIpc) is 2.81. The Balaban J connectivity index is 2.36. The van der Waals surface area contributed by atoms with Gasteiger partial charge in [0, 0.05) is 13.7 Å². The van der Waals surface area contributed by atoms with Gasteiger partial charge in [-0.15, -0.1) is 0 Å². The van der Waals surface area contributed by atoms with Crippen LogP contribution in [0.1, 0.15) is 32.3 Å². The number of rotatable bonds is 10. The second kappa shape index (κ2) is 9.13. The Bertz CT molecular complexity index is 337. The van der Waals surface area contributed by atoms with Crippen molar-refractivity contribution in [3.05, 3.63) is 23.7 Å². The van der Waals surface area contributed by atoms with Crippen molar-refractivity contribution < 1.29 is 9.15 Å². The fraction of sp³-hybridized carbons (Fsp3) is 0.733. The molecule has 0 saturated heterocycles. The lowest BCUT2D eigenvalue weighted by Gasteiger charge is -2.18. The quantitative estimate of drug-likeness (QED) is 0.707. The number of hydrogen-bond donors (Lipinski definition) is 1. The van der Waals surface area contributed by atoms with E-state index in [1.807, 2.05) is 0 Å². The molecule has 0 aliphatic rings. The first kappa shape index (κ1) is 16.2. The van der Waals surface area contributed by atoms with Gasteiger partial charge in [-0.2, -0.15) is 0 Å². The third-order valence-corrected chi connectivity index (χ3v) is 3.01. The normalized spacial score (nSPS) is 11.7. The highest BCUT2D eigenvalue weighted by Gasteiger charge is 2.07. The zero-order valence-corrected chi connectivity index (χ0v) is 12.7. The number of nitrogens with zero attached hydrogens (tertiary/aromatic N) is 1. The molecule has 0 fully saturated rings. The van der Waals surface area contributed by atoms with E-state index in [9.17, 15) is 0 Å². The highest BCUT2D eigenvalue weighted by molar-refractivity contribution is 5.07. The molecule has 110 valence electrons. The minimum absolute atomic E-state index is 0.666. The van der Waals surface area contributed by atoms with E-state index in [1.54, 1.807) is 7.11 Å². The van der Waals surface area contributed by atoms with Gasteiger partial charge in [0.05, 0.1) is 19.7 Å². The topological polar surface area (TPSA) is 37.6 Å². The molecule has 0 radical (unpaired) electrons. The van der Waals surface area contributed by atoms with Gasteiger partial charge >= 0.3 is 0 Å². The van der Waals surface area contributed by atoms with Crippen molar-refractivity contribution in [2.45, 2.75) is 33.9 Å². The summed E-state index contributed by atoms with van der Waals surface area (Å²) < 4.78 is 10.9. The Morgan fingerprint density at radius 2 is 2.05 bits per heavy atom. The molecule has 4 heteroatoms. The number of likely N-dealkylation sites (N-methyl/N-ethyl adjacent to an activating group) is 1. The zero-order chi connectivity index (χ0) is 14.1. The van der Waals surface area contributed by atoms with Gasteiger partial charge in [0.25, 0.3) is 0 Å². The molecule has 0 bridgehead atoms. The Hall–Kier alpha value is -0.840. The number of furan rings is 1. The number of methoxy groups -OCH3 is 1. The van der Waals surface area contributed by atoms with Crippen LogP contribution in [0.4, 0.5) is 0 Å². The molecule has 0 aromatic carbocycles. The van der Waals surface area contributed by atoms with E-state index >= 15 is 0 Å². The fourth-order valence-corrected chi connectivity index (χ4v) is 1.88. The molecule has 19 heavy (non-hydrogen) atoms. The van der Waals surface area contributed by atoms with Gasteiger partial charge in [-0.25, -0.2) is 0 Å². The third-order valence-electron chi connectivity index (χ3n) is 3.01. The molecular weight excluding hydrogens is 240 g/mol. The molecule has 0 saturated carbocycles. The first-order valence-electron chi connectivity index (χ1n) is 7.15. The highest BCUT2D eigenvalue weighted by atomic mass is 16.5. The summed E-state index contributed by atoms with van der Waals surface area (Å²) >= 11 is 0. The van der Waals surface area contributed by atoms with E-state index < -0.39 is 0 Å². The monoisotopic (exact) mass is 268 g/mol. The van der Waals surface area contributed by atoms with Crippen molar-refractivity contribution in [3.63, 3.8) is 0 Å². The predicted octanol–water partition coefficient (Wildman–Crippen LogP) is 2.49. The molecule has 1 aromatic heterocycles. The summed E-state index contributed by atoms with van der Waals surface area (Å²) in [6, 6.07) is 4.13. The van der Waals surface area contributed by atoms with Gasteiger partial charge in [0.15, 0.2) is 0 Å². The van der Waals surface area contributed by atoms with E-state index in [4.69, 9.17) is 9.15 Å². The Labute approximate surface area is 117 Å². The van der Waals surface area contributed by atoms with Crippen molar-refractivity contribution in [2.24, 2.45) is 5.92 Å². The Kier molecular flexibility index (Phi) is 7.79. The minimum Gasteiger partial charge on any atom is -0.463 e. The summed E-state index contributed by atoms with van der Waals surface area (Å²) in [5, 5.41) is 3.39. The number of hydrogen-bond acceptors (Lipinski definition) is 4. The molecule has 0 aliphatic carbocycles. The highest BCUT2D eigenvalue weighted by Crippen LogP contribution is 2.10. The van der Waals surface area contributed by atoms with Crippen LogP contribution < -0.4 is 5.32 Å². The standard InChI is InChI=1S/C15H28N2O2/c1-5-17(8-9-18-4)12-15-7-6-14(19-15)11-16-10-13(2)3/h6-7,13,16H,5,8-12H2,1-4H3. The molecule has 0 spiro atoms. The van der Waals surface area contributed by atoms with Gasteiger partial charge in [0.2, 0.25) is 0 Å². The first-order valence-corrected chi connectivity index (χ1v) is 7.15. The lowest BCUT2D eigenvalue weighted by molar-refractivity contribution is 0.142. The van der Waals surface area contributed by atoms with Gasteiger partial charge in [-0.1, -0.05) is 20.8 Å². The van der Waals surface area contributed by atoms with Crippen molar-refractivity contribution in [1.82, 2.24) is 10.2 Å². The molecule has 1 rings (SSSR count). The van der Waals surface area contributed by atoms with Crippen LogP contribution in [-0.2, 0) is 17.8 Å². The predicted molar refractivity (Wildman–Crippen MR) is 78.1 cm³/mol. The minimum atomic E-state index is 0.666. The summed E-state index contributed by atoms with van der Waals surface area (Å²) in [4.78, 5) is 2.31. The Morgan fingerprint density at radius 3 is 2.68 bits per heavy atom. The molecular formula is C15H28N2O2. The molecule has 1 N–H and O–H groups in total. The molecule has 0 aliphatic heterocycles. The molecule has 0 atom stereocenters. The van der Waals surface area contributed by atoms with Crippen LogP contribution in [0.15, 0.2) is 16.5 Å². The van der Waals surface area contributed by atoms with Crippen LogP contribution in [0, 0.1) is 5.92 Å². The van der Waals surface area contributed by atoms with Gasteiger partial charge in [-0.05, 0) is 31.1 Å². The molecule has 0 amide bonds. The maximum atomic E-state index is 5.83. The lowest BCUT2D eigenvalue weighted by atomic mass is 10.2. The average molecular weight is 268 g/mol. The fourth-order valence-electron chi connectivity index (χ4n) is 1.88. The molecule has 1 heterocycles. The number of nitrogens with one attached hydrogen (secondary N) is 1.